The largest absolute Gasteiger partial charge is 0.446 e. The smallest absolute Gasteiger partial charge is 0.421 e. The van der Waals surface area contributed by atoms with Crippen LogP contribution in [-0.2, 0) is 83.3 Å². The van der Waals surface area contributed by atoms with E-state index in [1.165, 1.54) is 16.4 Å². The molecule has 2 aromatic rings. The molecule has 0 spiro atoms. The lowest BCUT2D eigenvalue weighted by Crippen LogP contribution is -2.40. The Kier molecular flexibility index (Phi) is 32.9. The quantitative estimate of drug-likeness (QED) is 0.0214. The average Bonchev–Trinajstić information content (AvgIpc) is 3.67. The van der Waals surface area contributed by atoms with E-state index in [4.69, 9.17) is 62.7 Å². The number of nitrogens with zero attached hydrogens (tertiary/aromatic N) is 2. The number of hydrogen-bond donors (Lipinski definition) is 3. The van der Waals surface area contributed by atoms with Gasteiger partial charge in [-0.15, -0.1) is 11.3 Å². The molecule has 3 rings (SSSR count). The molecule has 2 heterocycles. The first-order chi connectivity index (χ1) is 35.7. The molecule has 1 aromatic heterocycles. The Morgan fingerprint density at radius 1 is 0.676 bits per heavy atom. The van der Waals surface area contributed by atoms with E-state index < -0.39 is 57.7 Å². The van der Waals surface area contributed by atoms with Gasteiger partial charge in [0, 0.05) is 36.0 Å². The molecule has 0 fully saturated rings. The van der Waals surface area contributed by atoms with E-state index in [1.807, 2.05) is 6.92 Å². The van der Waals surface area contributed by atoms with Crippen LogP contribution in [-0.4, -0.2) is 189 Å². The highest BCUT2D eigenvalue weighted by atomic mass is 32.2. The number of amidine groups is 1. The number of ether oxygens (including phenoxy) is 12. The van der Waals surface area contributed by atoms with Gasteiger partial charge in [0.2, 0.25) is 17.4 Å². The fourth-order valence-corrected chi connectivity index (χ4v) is 7.58. The van der Waals surface area contributed by atoms with Crippen molar-refractivity contribution in [1.29, 1.82) is 0 Å². The Morgan fingerprint density at radius 2 is 1.12 bits per heavy atom. The van der Waals surface area contributed by atoms with Crippen LogP contribution in [0.1, 0.15) is 42.9 Å². The Hall–Kier alpha value is -4.47. The average molecular weight is 1110 g/mol. The van der Waals surface area contributed by atoms with Crippen molar-refractivity contribution in [1.82, 2.24) is 14.5 Å². The molecule has 0 saturated heterocycles. The fraction of sp³-hybridized carbons (Fsp3) is 0.644. The molecule has 1 aliphatic heterocycles. The lowest BCUT2D eigenvalue weighted by Gasteiger charge is -2.21. The lowest BCUT2D eigenvalue weighted by atomic mass is 10.1. The maximum Gasteiger partial charge on any atom is 0.421 e. The van der Waals surface area contributed by atoms with Gasteiger partial charge in [-0.05, 0) is 25.5 Å². The third-order valence-corrected chi connectivity index (χ3v) is 11.2. The first-order valence-electron chi connectivity index (χ1n) is 23.6. The second-order valence-corrected chi connectivity index (χ2v) is 17.6. The van der Waals surface area contributed by atoms with Gasteiger partial charge in [-0.3, -0.25) is 14.4 Å². The van der Waals surface area contributed by atoms with Gasteiger partial charge >= 0.3 is 22.3 Å². The van der Waals surface area contributed by atoms with Crippen LogP contribution in [0, 0.1) is 23.3 Å². The number of carbonyl (C=O) groups excluding carboxylic acids is 3. The SMILES string of the molecule is CCCN(OCC)C(=O)C1=Cc2sc(CNS(=O)(=O)NC(=O)OCCOCCOCCOCCOCCOCCOCCOCCOCCOCCOCCC(=O)Oc3c(F)c(F)cc(F)c3F)cc2N=C(N)C1. The summed E-state index contributed by atoms with van der Waals surface area (Å²) in [6.45, 7) is 9.68. The molecule has 29 heteroatoms. The zero-order valence-electron chi connectivity index (χ0n) is 41.5. The summed E-state index contributed by atoms with van der Waals surface area (Å²) in [6.07, 6.45) is 0.907. The summed E-state index contributed by atoms with van der Waals surface area (Å²) in [5.74, 6) is -9.67. The summed E-state index contributed by atoms with van der Waals surface area (Å²) in [5.41, 5.74) is 6.96. The van der Waals surface area contributed by atoms with Gasteiger partial charge in [-0.1, -0.05) is 6.92 Å². The van der Waals surface area contributed by atoms with Crippen molar-refractivity contribution in [2.75, 3.05) is 152 Å². The minimum absolute atomic E-state index is 0.00838. The first kappa shape index (κ1) is 63.8. The number of aliphatic imine (C=N–C) groups is 1. The summed E-state index contributed by atoms with van der Waals surface area (Å²) in [4.78, 5) is 47.9. The Bertz CT molecular complexity index is 2110. The molecule has 1 aliphatic rings. The first-order valence-corrected chi connectivity index (χ1v) is 25.9. The molecule has 74 heavy (non-hydrogen) atoms. The number of carbonyl (C=O) groups is 3. The Morgan fingerprint density at radius 3 is 1.57 bits per heavy atom. The number of benzene rings is 1. The van der Waals surface area contributed by atoms with E-state index in [0.29, 0.717) is 126 Å². The number of nitrogens with two attached hydrogens (primary N) is 1. The number of rotatable bonds is 43. The van der Waals surface area contributed by atoms with Crippen molar-refractivity contribution in [2.24, 2.45) is 10.7 Å². The molecule has 0 bridgehead atoms. The molecular formula is C45H67F4N5O18S2. The number of halogens is 4. The van der Waals surface area contributed by atoms with Crippen LogP contribution in [0.2, 0.25) is 0 Å². The third kappa shape index (κ3) is 27.4. The summed E-state index contributed by atoms with van der Waals surface area (Å²) < 4.78 is 146. The number of hydroxylamine groups is 2. The van der Waals surface area contributed by atoms with Crippen LogP contribution in [0.3, 0.4) is 0 Å². The van der Waals surface area contributed by atoms with Crippen molar-refractivity contribution < 1.29 is 102 Å². The lowest BCUT2D eigenvalue weighted by molar-refractivity contribution is -0.180. The molecule has 23 nitrogen and oxygen atoms in total. The standard InChI is InChI=1S/C45H67F4N5O18S2/c1-3-6-54(71-4-2)44(56)33-28-38-37(52-39(50)29-33)30-34(73-38)32-51-74(58,59)53-45(57)70-27-26-69-25-24-68-23-22-67-21-20-66-19-18-65-17-16-64-15-14-63-13-12-62-11-10-61-9-8-60-7-5-40(55)72-43-41(48)35(46)31-36(47)42(43)49/h28,30-31,51H,3-27,29,32H2,1-2H3,(H2,50,52)(H,53,57). The van der Waals surface area contributed by atoms with Gasteiger partial charge in [-0.25, -0.2) is 28.4 Å². The normalized spacial score (nSPS) is 12.5. The number of esters is 1. The van der Waals surface area contributed by atoms with Crippen LogP contribution in [0.4, 0.5) is 28.0 Å². The molecule has 1 aromatic carbocycles. The monoisotopic (exact) mass is 1110 g/mol. The number of fused-ring (bicyclic) bond motifs is 1. The summed E-state index contributed by atoms with van der Waals surface area (Å²) in [5, 5.41) is 1.29. The van der Waals surface area contributed by atoms with Crippen LogP contribution < -0.4 is 19.9 Å². The van der Waals surface area contributed by atoms with E-state index in [2.05, 4.69) is 14.5 Å². The van der Waals surface area contributed by atoms with Crippen molar-refractivity contribution in [3.63, 3.8) is 0 Å². The van der Waals surface area contributed by atoms with Gasteiger partial charge in [0.1, 0.15) is 12.4 Å². The van der Waals surface area contributed by atoms with E-state index in [1.54, 1.807) is 23.8 Å². The molecule has 2 amide bonds. The molecule has 420 valence electrons. The van der Waals surface area contributed by atoms with Gasteiger partial charge in [-0.2, -0.15) is 21.9 Å². The van der Waals surface area contributed by atoms with Gasteiger partial charge in [0.25, 0.3) is 5.91 Å². The zero-order valence-corrected chi connectivity index (χ0v) is 43.1. The van der Waals surface area contributed by atoms with E-state index in [0.717, 1.165) is 0 Å². The predicted octanol–water partition coefficient (Wildman–Crippen LogP) is 3.49. The van der Waals surface area contributed by atoms with Crippen LogP contribution >= 0.6 is 11.3 Å². The maximum absolute atomic E-state index is 13.6. The Balaban J connectivity index is 1.02. The number of hydrogen-bond acceptors (Lipinski definition) is 21. The van der Waals surface area contributed by atoms with Crippen molar-refractivity contribution in [3.05, 3.63) is 50.7 Å². The minimum atomic E-state index is -4.28. The highest BCUT2D eigenvalue weighted by Crippen LogP contribution is 2.35. The Labute approximate surface area is 431 Å². The summed E-state index contributed by atoms with van der Waals surface area (Å²) in [6, 6.07) is 1.66. The molecular weight excluding hydrogens is 1040 g/mol. The van der Waals surface area contributed by atoms with Crippen LogP contribution in [0.25, 0.3) is 6.08 Å². The van der Waals surface area contributed by atoms with E-state index in [9.17, 15) is 40.4 Å². The van der Waals surface area contributed by atoms with Crippen molar-refractivity contribution >= 4 is 57.1 Å². The van der Waals surface area contributed by atoms with E-state index >= 15 is 0 Å². The second-order valence-electron chi connectivity index (χ2n) is 14.9. The summed E-state index contributed by atoms with van der Waals surface area (Å²) in [7, 11) is -4.28. The third-order valence-electron chi connectivity index (χ3n) is 9.15. The van der Waals surface area contributed by atoms with Gasteiger partial charge in [0.15, 0.2) is 11.6 Å². The highest BCUT2D eigenvalue weighted by Gasteiger charge is 2.25. The minimum Gasteiger partial charge on any atom is -0.446 e. The molecule has 0 unspecified atom stereocenters. The predicted molar refractivity (Wildman–Crippen MR) is 257 cm³/mol. The topological polar surface area (TPSA) is 271 Å². The number of amides is 2. The molecule has 0 saturated carbocycles. The molecule has 4 N–H and O–H groups in total. The summed E-state index contributed by atoms with van der Waals surface area (Å²) >= 11 is 1.22. The zero-order chi connectivity index (χ0) is 53.8. The maximum atomic E-state index is 13.6. The molecule has 0 aliphatic carbocycles. The van der Waals surface area contributed by atoms with Crippen molar-refractivity contribution in [2.45, 2.75) is 39.7 Å². The molecule has 0 atom stereocenters. The van der Waals surface area contributed by atoms with Gasteiger partial charge in [0.05, 0.1) is 156 Å². The fourth-order valence-electron chi connectivity index (χ4n) is 5.78. The second kappa shape index (κ2) is 38.1. The van der Waals surface area contributed by atoms with E-state index in [-0.39, 0.29) is 83.6 Å². The van der Waals surface area contributed by atoms with Gasteiger partial charge < -0.3 is 62.6 Å². The van der Waals surface area contributed by atoms with Crippen molar-refractivity contribution in [3.8, 4) is 5.75 Å². The highest BCUT2D eigenvalue weighted by molar-refractivity contribution is 7.88. The number of nitrogens with one attached hydrogen (secondary N) is 2. The van der Waals surface area contributed by atoms with Crippen LogP contribution in [0.15, 0.2) is 22.7 Å². The molecule has 0 radical (unpaired) electrons. The number of thiophene rings is 1. The van der Waals surface area contributed by atoms with Crippen LogP contribution in [0.5, 0.6) is 5.75 Å².